The Hall–Kier alpha value is -1.14. The molecule has 0 bridgehead atoms. The van der Waals surface area contributed by atoms with Gasteiger partial charge in [-0.2, -0.15) is 0 Å². The van der Waals surface area contributed by atoms with Crippen molar-refractivity contribution in [3.05, 3.63) is 0 Å². The van der Waals surface area contributed by atoms with Crippen molar-refractivity contribution in [3.8, 4) is 0 Å². The zero-order valence-corrected chi connectivity index (χ0v) is 9.06. The van der Waals surface area contributed by atoms with E-state index in [0.29, 0.717) is 6.04 Å². The first-order chi connectivity index (χ1) is 7.58. The van der Waals surface area contributed by atoms with Crippen molar-refractivity contribution in [1.82, 2.24) is 10.2 Å². The van der Waals surface area contributed by atoms with E-state index >= 15 is 0 Å². The highest BCUT2D eigenvalue weighted by Gasteiger charge is 2.37. The van der Waals surface area contributed by atoms with Crippen LogP contribution in [0.2, 0.25) is 0 Å². The highest BCUT2D eigenvalue weighted by atomic mass is 16.3. The molecule has 0 radical (unpaired) electrons. The minimum Gasteiger partial charge on any atom is -0.391 e. The highest BCUT2D eigenvalue weighted by Crippen LogP contribution is 2.20. The lowest BCUT2D eigenvalue weighted by Crippen LogP contribution is -2.47. The second-order valence-corrected chi connectivity index (χ2v) is 4.51. The molecule has 2 rings (SSSR count). The lowest BCUT2D eigenvalue weighted by atomic mass is 10.2. The van der Waals surface area contributed by atoms with Crippen LogP contribution in [0.5, 0.6) is 0 Å². The maximum Gasteiger partial charge on any atom is 0.240 e. The van der Waals surface area contributed by atoms with E-state index in [9.17, 15) is 14.7 Å². The molecule has 1 aliphatic carbocycles. The van der Waals surface area contributed by atoms with Crippen molar-refractivity contribution in [2.75, 3.05) is 13.1 Å². The van der Waals surface area contributed by atoms with Gasteiger partial charge in [-0.05, 0) is 12.8 Å². The van der Waals surface area contributed by atoms with Crippen molar-refractivity contribution in [2.24, 2.45) is 5.73 Å². The fraction of sp³-hybridized carbons (Fsp3) is 0.800. The predicted octanol–water partition coefficient (Wildman–Crippen LogP) is -1.81. The molecule has 2 unspecified atom stereocenters. The molecule has 1 heterocycles. The Kier molecular flexibility index (Phi) is 3.11. The minimum absolute atomic E-state index is 0.160. The van der Waals surface area contributed by atoms with Gasteiger partial charge < -0.3 is 21.1 Å². The maximum absolute atomic E-state index is 11.8. The van der Waals surface area contributed by atoms with Crippen LogP contribution in [-0.2, 0) is 9.59 Å². The summed E-state index contributed by atoms with van der Waals surface area (Å²) in [5, 5.41) is 12.5. The molecular formula is C10H17N3O3. The summed E-state index contributed by atoms with van der Waals surface area (Å²) in [6.07, 6.45) is 1.83. The van der Waals surface area contributed by atoms with Crippen molar-refractivity contribution in [2.45, 2.75) is 37.5 Å². The summed E-state index contributed by atoms with van der Waals surface area (Å²) in [4.78, 5) is 24.3. The first-order valence-electron chi connectivity index (χ1n) is 5.58. The first-order valence-corrected chi connectivity index (χ1v) is 5.58. The Morgan fingerprint density at radius 1 is 1.44 bits per heavy atom. The van der Waals surface area contributed by atoms with Crippen LogP contribution in [-0.4, -0.2) is 53.1 Å². The van der Waals surface area contributed by atoms with Crippen molar-refractivity contribution >= 4 is 11.8 Å². The number of aliphatic hydroxyl groups is 1. The van der Waals surface area contributed by atoms with E-state index < -0.39 is 18.1 Å². The maximum atomic E-state index is 11.8. The van der Waals surface area contributed by atoms with Gasteiger partial charge in [0.25, 0.3) is 0 Å². The normalized spacial score (nSPS) is 29.4. The Morgan fingerprint density at radius 2 is 2.12 bits per heavy atom. The molecule has 16 heavy (non-hydrogen) atoms. The average Bonchev–Trinajstić information content (AvgIpc) is 2.96. The minimum atomic E-state index is -0.650. The van der Waals surface area contributed by atoms with Crippen LogP contribution in [0.25, 0.3) is 0 Å². The van der Waals surface area contributed by atoms with Gasteiger partial charge in [-0.15, -0.1) is 0 Å². The van der Waals surface area contributed by atoms with Gasteiger partial charge in [0.2, 0.25) is 11.8 Å². The molecule has 1 saturated carbocycles. The van der Waals surface area contributed by atoms with Crippen LogP contribution in [0.1, 0.15) is 19.3 Å². The molecule has 1 saturated heterocycles. The van der Waals surface area contributed by atoms with Gasteiger partial charge in [0.1, 0.15) is 6.04 Å². The number of nitrogens with one attached hydrogen (secondary N) is 1. The molecule has 6 heteroatoms. The summed E-state index contributed by atoms with van der Waals surface area (Å²) in [6, 6.07) is -0.202. The number of hydrogen-bond donors (Lipinski definition) is 3. The fourth-order valence-corrected chi connectivity index (χ4v) is 1.98. The summed E-state index contributed by atoms with van der Waals surface area (Å²) < 4.78 is 0. The van der Waals surface area contributed by atoms with E-state index in [1.807, 2.05) is 0 Å². The molecule has 6 nitrogen and oxygen atoms in total. The number of primary amides is 1. The number of hydrogen-bond acceptors (Lipinski definition) is 4. The molecule has 0 aromatic rings. The predicted molar refractivity (Wildman–Crippen MR) is 56.3 cm³/mol. The Morgan fingerprint density at radius 3 is 2.69 bits per heavy atom. The van der Waals surface area contributed by atoms with Crippen LogP contribution in [0.3, 0.4) is 0 Å². The van der Waals surface area contributed by atoms with Gasteiger partial charge >= 0.3 is 0 Å². The second-order valence-electron chi connectivity index (χ2n) is 4.51. The summed E-state index contributed by atoms with van der Waals surface area (Å²) in [6.45, 7) is 0.431. The number of aliphatic hydroxyl groups excluding tert-OH is 1. The third-order valence-corrected chi connectivity index (χ3v) is 3.05. The number of amides is 2. The molecule has 2 atom stereocenters. The van der Waals surface area contributed by atoms with E-state index in [4.69, 9.17) is 5.73 Å². The fourth-order valence-electron chi connectivity index (χ4n) is 1.98. The molecule has 0 aromatic carbocycles. The summed E-state index contributed by atoms with van der Waals surface area (Å²) in [5.41, 5.74) is 5.19. The van der Waals surface area contributed by atoms with E-state index in [-0.39, 0.29) is 25.4 Å². The highest BCUT2D eigenvalue weighted by molar-refractivity contribution is 5.88. The molecule has 4 N–H and O–H groups in total. The van der Waals surface area contributed by atoms with Gasteiger partial charge in [0.05, 0.1) is 12.6 Å². The Bertz CT molecular complexity index is 304. The van der Waals surface area contributed by atoms with Gasteiger partial charge in [-0.1, -0.05) is 0 Å². The number of carbonyl (C=O) groups excluding carboxylic acids is 2. The van der Waals surface area contributed by atoms with Crippen LogP contribution in [0.4, 0.5) is 0 Å². The third-order valence-electron chi connectivity index (χ3n) is 3.05. The monoisotopic (exact) mass is 227 g/mol. The average molecular weight is 227 g/mol. The smallest absolute Gasteiger partial charge is 0.240 e. The number of nitrogens with zero attached hydrogens (tertiary/aromatic N) is 1. The molecule has 0 spiro atoms. The topological polar surface area (TPSA) is 95.7 Å². The number of rotatable bonds is 4. The Balaban J connectivity index is 1.89. The van der Waals surface area contributed by atoms with E-state index in [0.717, 1.165) is 12.8 Å². The van der Waals surface area contributed by atoms with Crippen molar-refractivity contribution < 1.29 is 14.7 Å². The lowest BCUT2D eigenvalue weighted by Gasteiger charge is -2.21. The molecule has 90 valence electrons. The second kappa shape index (κ2) is 4.39. The number of β-amino-alcohol motifs (C(OH)–C–C–N with tert-alkyl or cyclic N) is 1. The largest absolute Gasteiger partial charge is 0.391 e. The number of carbonyl (C=O) groups is 2. The standard InChI is InChI=1S/C10H17N3O3/c11-10(16)8-3-7(14)5-13(8)9(15)4-12-6-1-2-6/h6-8,12,14H,1-5H2,(H2,11,16). The molecule has 0 aromatic heterocycles. The molecular weight excluding hydrogens is 210 g/mol. The summed E-state index contributed by atoms with van der Waals surface area (Å²) in [7, 11) is 0. The van der Waals surface area contributed by atoms with Crippen LogP contribution in [0.15, 0.2) is 0 Å². The molecule has 2 amide bonds. The molecule has 2 aliphatic rings. The van der Waals surface area contributed by atoms with E-state index in [2.05, 4.69) is 5.32 Å². The number of likely N-dealkylation sites (tertiary alicyclic amines) is 1. The van der Waals surface area contributed by atoms with Gasteiger partial charge in [0.15, 0.2) is 0 Å². The van der Waals surface area contributed by atoms with Gasteiger partial charge in [-0.25, -0.2) is 0 Å². The quantitative estimate of drug-likeness (QED) is 0.527. The number of nitrogens with two attached hydrogens (primary N) is 1. The molecule has 1 aliphatic heterocycles. The van der Waals surface area contributed by atoms with Crippen molar-refractivity contribution in [1.29, 1.82) is 0 Å². The summed E-state index contributed by atoms with van der Waals surface area (Å²) >= 11 is 0. The zero-order chi connectivity index (χ0) is 11.7. The zero-order valence-electron chi connectivity index (χ0n) is 9.06. The van der Waals surface area contributed by atoms with E-state index in [1.165, 1.54) is 4.90 Å². The van der Waals surface area contributed by atoms with Crippen LogP contribution >= 0.6 is 0 Å². The first kappa shape index (κ1) is 11.3. The van der Waals surface area contributed by atoms with Crippen molar-refractivity contribution in [3.63, 3.8) is 0 Å². The van der Waals surface area contributed by atoms with Gasteiger partial charge in [0, 0.05) is 19.0 Å². The Labute approximate surface area is 93.8 Å². The van der Waals surface area contributed by atoms with E-state index in [1.54, 1.807) is 0 Å². The van der Waals surface area contributed by atoms with Gasteiger partial charge in [-0.3, -0.25) is 9.59 Å². The van der Waals surface area contributed by atoms with Crippen LogP contribution in [0, 0.1) is 0 Å². The third kappa shape index (κ3) is 2.51. The SMILES string of the molecule is NC(=O)C1CC(O)CN1C(=O)CNC1CC1. The molecule has 2 fully saturated rings. The summed E-state index contributed by atoms with van der Waals surface area (Å²) in [5.74, 6) is -0.705. The van der Waals surface area contributed by atoms with Crippen LogP contribution < -0.4 is 11.1 Å². The lowest BCUT2D eigenvalue weighted by molar-refractivity contribution is -0.136.